The average Bonchev–Trinajstić information content (AvgIpc) is 3.09. The largest absolute Gasteiger partial charge is 0.343 e. The van der Waals surface area contributed by atoms with Crippen molar-refractivity contribution in [2.75, 3.05) is 33.2 Å². The van der Waals surface area contributed by atoms with Crippen LogP contribution in [0, 0.1) is 5.92 Å². The number of piperidine rings is 1. The lowest BCUT2D eigenvalue weighted by Crippen LogP contribution is -2.47. The van der Waals surface area contributed by atoms with Gasteiger partial charge in [0.2, 0.25) is 11.8 Å². The lowest BCUT2D eigenvalue weighted by molar-refractivity contribution is -0.141. The van der Waals surface area contributed by atoms with Crippen molar-refractivity contribution >= 4 is 11.8 Å². The first kappa shape index (κ1) is 21.3. The van der Waals surface area contributed by atoms with E-state index < -0.39 is 0 Å². The highest BCUT2D eigenvalue weighted by Crippen LogP contribution is 2.19. The number of hydrogen-bond acceptors (Lipinski definition) is 6. The Balaban J connectivity index is 1.98. The molecular weight excluding hydrogens is 346 g/mol. The fourth-order valence-corrected chi connectivity index (χ4v) is 3.29. The van der Waals surface area contributed by atoms with Gasteiger partial charge in [0.15, 0.2) is 5.82 Å². The summed E-state index contributed by atoms with van der Waals surface area (Å²) in [5.41, 5.74) is 0. The van der Waals surface area contributed by atoms with Crippen LogP contribution in [0.25, 0.3) is 0 Å². The molecule has 0 bridgehead atoms. The number of carbonyl (C=O) groups excluding carboxylic acids is 2. The van der Waals surface area contributed by atoms with Crippen LogP contribution in [0.3, 0.4) is 0 Å². The molecule has 0 aromatic carbocycles. The van der Waals surface area contributed by atoms with Crippen LogP contribution in [-0.4, -0.2) is 86.0 Å². The van der Waals surface area contributed by atoms with Crippen LogP contribution < -0.4 is 0 Å². The van der Waals surface area contributed by atoms with Crippen molar-refractivity contribution in [2.45, 2.75) is 59.7 Å². The topological polar surface area (TPSA) is 87.5 Å². The van der Waals surface area contributed by atoms with E-state index in [1.165, 1.54) is 0 Å². The zero-order valence-corrected chi connectivity index (χ0v) is 17.3. The van der Waals surface area contributed by atoms with Crippen LogP contribution in [0.15, 0.2) is 0 Å². The van der Waals surface area contributed by atoms with Gasteiger partial charge >= 0.3 is 0 Å². The summed E-state index contributed by atoms with van der Waals surface area (Å²) in [6.45, 7) is 11.4. The van der Waals surface area contributed by atoms with Gasteiger partial charge in [-0.3, -0.25) is 14.5 Å². The fourth-order valence-electron chi connectivity index (χ4n) is 3.29. The molecule has 0 spiro atoms. The Morgan fingerprint density at radius 3 is 2.59 bits per heavy atom. The van der Waals surface area contributed by atoms with E-state index in [1.54, 1.807) is 9.58 Å². The summed E-state index contributed by atoms with van der Waals surface area (Å²) in [4.78, 5) is 31.2. The Bertz CT molecular complexity index is 627. The highest BCUT2D eigenvalue weighted by Gasteiger charge is 2.30. The van der Waals surface area contributed by atoms with Gasteiger partial charge < -0.3 is 9.80 Å². The van der Waals surface area contributed by atoms with Crippen molar-refractivity contribution in [3.63, 3.8) is 0 Å². The zero-order valence-electron chi connectivity index (χ0n) is 17.3. The van der Waals surface area contributed by atoms with Gasteiger partial charge in [-0.15, -0.1) is 5.10 Å². The number of tetrazole rings is 1. The third-order valence-electron chi connectivity index (χ3n) is 5.36. The van der Waals surface area contributed by atoms with Gasteiger partial charge in [0.25, 0.3) is 0 Å². The molecule has 1 aromatic heterocycles. The van der Waals surface area contributed by atoms with E-state index in [0.717, 1.165) is 12.8 Å². The van der Waals surface area contributed by atoms with E-state index in [0.29, 0.717) is 44.6 Å². The van der Waals surface area contributed by atoms with E-state index in [2.05, 4.69) is 34.3 Å². The summed E-state index contributed by atoms with van der Waals surface area (Å²) < 4.78 is 1.57. The van der Waals surface area contributed by atoms with Crippen molar-refractivity contribution in [3.05, 3.63) is 5.82 Å². The Morgan fingerprint density at radius 1 is 1.26 bits per heavy atom. The molecule has 9 nitrogen and oxygen atoms in total. The first-order chi connectivity index (χ1) is 12.9. The van der Waals surface area contributed by atoms with Crippen molar-refractivity contribution < 1.29 is 9.59 Å². The highest BCUT2D eigenvalue weighted by atomic mass is 16.2. The summed E-state index contributed by atoms with van der Waals surface area (Å²) >= 11 is 0. The predicted molar refractivity (Wildman–Crippen MR) is 102 cm³/mol. The first-order valence-corrected chi connectivity index (χ1v) is 9.89. The minimum Gasteiger partial charge on any atom is -0.343 e. The summed E-state index contributed by atoms with van der Waals surface area (Å²) in [6.07, 6.45) is 1.69. The van der Waals surface area contributed by atoms with Gasteiger partial charge in [-0.25, -0.2) is 4.68 Å². The molecule has 1 aromatic rings. The smallest absolute Gasteiger partial charge is 0.244 e. The molecule has 0 radical (unpaired) electrons. The maximum absolute atomic E-state index is 12.8. The van der Waals surface area contributed by atoms with Crippen LogP contribution in [0.2, 0.25) is 0 Å². The normalized spacial score (nSPS) is 17.6. The van der Waals surface area contributed by atoms with Crippen LogP contribution in [0.5, 0.6) is 0 Å². The fraction of sp³-hybridized carbons (Fsp3) is 0.833. The third kappa shape index (κ3) is 5.47. The van der Waals surface area contributed by atoms with Crippen LogP contribution in [0.1, 0.15) is 46.4 Å². The molecule has 1 aliphatic heterocycles. The molecule has 1 unspecified atom stereocenters. The Labute approximate surface area is 161 Å². The molecule has 9 heteroatoms. The first-order valence-electron chi connectivity index (χ1n) is 9.89. The zero-order chi connectivity index (χ0) is 20.0. The van der Waals surface area contributed by atoms with Crippen LogP contribution in [-0.2, 0) is 22.7 Å². The Kier molecular flexibility index (Phi) is 7.70. The Hall–Kier alpha value is -2.03. The molecule has 2 rings (SSSR count). The minimum atomic E-state index is -0.108. The van der Waals surface area contributed by atoms with E-state index in [1.807, 2.05) is 25.8 Å². The predicted octanol–water partition coefficient (Wildman–Crippen LogP) is 0.620. The summed E-state index contributed by atoms with van der Waals surface area (Å²) in [6, 6.07) is 0.361. The number of amides is 2. The summed E-state index contributed by atoms with van der Waals surface area (Å²) in [7, 11) is 2.00. The number of carbonyl (C=O) groups is 2. The molecule has 2 amide bonds. The average molecular weight is 380 g/mol. The van der Waals surface area contributed by atoms with Gasteiger partial charge in [0.1, 0.15) is 6.54 Å². The van der Waals surface area contributed by atoms with E-state index in [4.69, 9.17) is 0 Å². The second kappa shape index (κ2) is 9.77. The second-order valence-electron chi connectivity index (χ2n) is 7.45. The number of hydrogen-bond donors (Lipinski definition) is 0. The standard InChI is InChI=1S/C18H33N7O2/c1-6-23(7-2)18(27)15-9-8-10-24(11-15)17(26)13-25-16(19-20-21-25)12-22(5)14(3)4/h14-15H,6-13H2,1-5H3. The van der Waals surface area contributed by atoms with Crippen molar-refractivity contribution in [1.82, 2.24) is 34.9 Å². The maximum atomic E-state index is 12.8. The lowest BCUT2D eigenvalue weighted by atomic mass is 9.96. The molecule has 0 saturated carbocycles. The van der Waals surface area contributed by atoms with E-state index >= 15 is 0 Å². The molecular formula is C18H33N7O2. The monoisotopic (exact) mass is 379 g/mol. The number of rotatable bonds is 8. The van der Waals surface area contributed by atoms with Crippen molar-refractivity contribution in [2.24, 2.45) is 5.92 Å². The number of likely N-dealkylation sites (tertiary alicyclic amines) is 1. The molecule has 27 heavy (non-hydrogen) atoms. The van der Waals surface area contributed by atoms with Gasteiger partial charge in [0.05, 0.1) is 12.5 Å². The van der Waals surface area contributed by atoms with E-state index in [-0.39, 0.29) is 24.3 Å². The van der Waals surface area contributed by atoms with Crippen molar-refractivity contribution in [3.8, 4) is 0 Å². The van der Waals surface area contributed by atoms with Gasteiger partial charge in [-0.05, 0) is 58.0 Å². The van der Waals surface area contributed by atoms with Gasteiger partial charge in [-0.2, -0.15) is 0 Å². The number of aromatic nitrogens is 4. The van der Waals surface area contributed by atoms with Gasteiger partial charge in [0, 0.05) is 32.2 Å². The van der Waals surface area contributed by atoms with E-state index in [9.17, 15) is 9.59 Å². The Morgan fingerprint density at radius 2 is 1.96 bits per heavy atom. The molecule has 2 heterocycles. The quantitative estimate of drug-likeness (QED) is 0.658. The minimum absolute atomic E-state index is 0.0344. The highest BCUT2D eigenvalue weighted by molar-refractivity contribution is 5.81. The SMILES string of the molecule is CCN(CC)C(=O)C1CCCN(C(=O)Cn2nnnc2CN(C)C(C)C)C1. The molecule has 1 fully saturated rings. The van der Waals surface area contributed by atoms with Crippen LogP contribution in [0.4, 0.5) is 0 Å². The second-order valence-corrected chi connectivity index (χ2v) is 7.45. The van der Waals surface area contributed by atoms with Crippen molar-refractivity contribution in [1.29, 1.82) is 0 Å². The van der Waals surface area contributed by atoms with Gasteiger partial charge in [-0.1, -0.05) is 0 Å². The summed E-state index contributed by atoms with van der Waals surface area (Å²) in [5.74, 6) is 0.683. The molecule has 1 aliphatic rings. The molecule has 1 atom stereocenters. The lowest BCUT2D eigenvalue weighted by Gasteiger charge is -2.34. The molecule has 0 N–H and O–H groups in total. The molecule has 1 saturated heterocycles. The third-order valence-corrected chi connectivity index (χ3v) is 5.36. The molecule has 0 aliphatic carbocycles. The molecule has 152 valence electrons. The summed E-state index contributed by atoms with van der Waals surface area (Å²) in [5, 5.41) is 11.8. The van der Waals surface area contributed by atoms with Crippen LogP contribution >= 0.6 is 0 Å². The maximum Gasteiger partial charge on any atom is 0.244 e. The number of nitrogens with zero attached hydrogens (tertiary/aromatic N) is 7.